The summed E-state index contributed by atoms with van der Waals surface area (Å²) in [6.45, 7) is 3.43. The highest BCUT2D eigenvalue weighted by molar-refractivity contribution is 6.30. The van der Waals surface area contributed by atoms with Crippen molar-refractivity contribution < 1.29 is 9.59 Å². The molecular formula is C18H16ClN3O2. The summed E-state index contributed by atoms with van der Waals surface area (Å²) in [5.74, 6) is -0.343. The molecule has 0 saturated carbocycles. The van der Waals surface area contributed by atoms with Gasteiger partial charge in [0.05, 0.1) is 10.7 Å². The molecule has 1 amide bonds. The summed E-state index contributed by atoms with van der Waals surface area (Å²) in [7, 11) is 0. The van der Waals surface area contributed by atoms with Crippen molar-refractivity contribution in [2.24, 2.45) is 0 Å². The van der Waals surface area contributed by atoms with E-state index in [1.165, 1.54) is 6.92 Å². The van der Waals surface area contributed by atoms with Crippen molar-refractivity contribution in [1.29, 1.82) is 0 Å². The van der Waals surface area contributed by atoms with Gasteiger partial charge in [-0.1, -0.05) is 30.7 Å². The van der Waals surface area contributed by atoms with Gasteiger partial charge in [-0.15, -0.1) is 0 Å². The van der Waals surface area contributed by atoms with Crippen LogP contribution in [0.1, 0.15) is 40.4 Å². The molecule has 0 aliphatic heterocycles. The zero-order valence-electron chi connectivity index (χ0n) is 13.3. The Labute approximate surface area is 144 Å². The zero-order valence-corrected chi connectivity index (χ0v) is 14.1. The van der Waals surface area contributed by atoms with Gasteiger partial charge in [0.15, 0.2) is 5.78 Å². The number of anilines is 1. The van der Waals surface area contributed by atoms with E-state index in [4.69, 9.17) is 11.6 Å². The van der Waals surface area contributed by atoms with Crippen LogP contribution in [-0.4, -0.2) is 21.1 Å². The van der Waals surface area contributed by atoms with Gasteiger partial charge < -0.3 is 5.32 Å². The number of benzene rings is 1. The lowest BCUT2D eigenvalue weighted by Gasteiger charge is -2.08. The third-order valence-corrected chi connectivity index (χ3v) is 3.96. The smallest absolute Gasteiger partial charge is 0.274 e. The molecular weight excluding hydrogens is 326 g/mol. The summed E-state index contributed by atoms with van der Waals surface area (Å²) in [4.78, 5) is 28.7. The second kappa shape index (κ2) is 6.45. The molecule has 1 aromatic carbocycles. The Morgan fingerprint density at radius 2 is 2.04 bits per heavy atom. The van der Waals surface area contributed by atoms with Crippen molar-refractivity contribution >= 4 is 34.6 Å². The molecule has 1 N–H and O–H groups in total. The van der Waals surface area contributed by atoms with Crippen LogP contribution < -0.4 is 5.32 Å². The number of pyridine rings is 1. The summed E-state index contributed by atoms with van der Waals surface area (Å²) in [5.41, 5.74) is 2.91. The van der Waals surface area contributed by atoms with Crippen LogP contribution in [0.15, 0.2) is 42.6 Å². The molecule has 0 aliphatic carbocycles. The van der Waals surface area contributed by atoms with Crippen molar-refractivity contribution in [3.63, 3.8) is 0 Å². The van der Waals surface area contributed by atoms with Crippen LogP contribution in [0.3, 0.4) is 0 Å². The molecule has 3 aromatic rings. The molecule has 0 fully saturated rings. The fourth-order valence-electron chi connectivity index (χ4n) is 2.56. The number of carbonyl (C=O) groups excluding carboxylic acids is 2. The minimum absolute atomic E-state index is 0.0538. The summed E-state index contributed by atoms with van der Waals surface area (Å²) in [6.07, 6.45) is 2.29. The number of carbonyl (C=O) groups is 2. The molecule has 5 nitrogen and oxygen atoms in total. The van der Waals surface area contributed by atoms with E-state index in [0.717, 1.165) is 0 Å². The first-order valence-electron chi connectivity index (χ1n) is 7.58. The SMILES string of the molecule is CCc1nc2ccc(Cl)cn2c1C(=O)Nc1cccc(C(C)=O)c1. The van der Waals surface area contributed by atoms with Crippen LogP contribution in [0.5, 0.6) is 0 Å². The minimum atomic E-state index is -0.290. The molecule has 122 valence electrons. The number of halogens is 1. The highest BCUT2D eigenvalue weighted by atomic mass is 35.5. The largest absolute Gasteiger partial charge is 0.321 e. The predicted octanol–water partition coefficient (Wildman–Crippen LogP) is 4.01. The van der Waals surface area contributed by atoms with Crippen LogP contribution >= 0.6 is 11.6 Å². The molecule has 0 spiro atoms. The average molecular weight is 342 g/mol. The van der Waals surface area contributed by atoms with E-state index in [9.17, 15) is 9.59 Å². The molecule has 0 atom stereocenters. The Morgan fingerprint density at radius 3 is 2.75 bits per heavy atom. The fourth-order valence-corrected chi connectivity index (χ4v) is 2.72. The Morgan fingerprint density at radius 1 is 1.25 bits per heavy atom. The first kappa shape index (κ1) is 16.2. The highest BCUT2D eigenvalue weighted by Gasteiger charge is 2.18. The second-order valence-electron chi connectivity index (χ2n) is 5.43. The molecule has 0 bridgehead atoms. The quantitative estimate of drug-likeness (QED) is 0.729. The normalized spacial score (nSPS) is 10.8. The minimum Gasteiger partial charge on any atom is -0.321 e. The van der Waals surface area contributed by atoms with Crippen molar-refractivity contribution in [3.05, 3.63) is 64.6 Å². The van der Waals surface area contributed by atoms with Gasteiger partial charge in [-0.05, 0) is 37.6 Å². The monoisotopic (exact) mass is 341 g/mol. The number of rotatable bonds is 4. The number of hydrogen-bond donors (Lipinski definition) is 1. The lowest BCUT2D eigenvalue weighted by Crippen LogP contribution is -2.16. The zero-order chi connectivity index (χ0) is 17.3. The number of aromatic nitrogens is 2. The number of hydrogen-bond acceptors (Lipinski definition) is 3. The number of ketones is 1. The van der Waals surface area contributed by atoms with E-state index in [1.54, 1.807) is 47.0 Å². The first-order valence-corrected chi connectivity index (χ1v) is 7.96. The van der Waals surface area contributed by atoms with Gasteiger partial charge in [-0.25, -0.2) is 4.98 Å². The van der Waals surface area contributed by atoms with E-state index < -0.39 is 0 Å². The van der Waals surface area contributed by atoms with E-state index in [2.05, 4.69) is 10.3 Å². The number of Topliss-reactive ketones (excluding diaryl/α,β-unsaturated/α-hetero) is 1. The van der Waals surface area contributed by atoms with Crippen LogP contribution in [0.2, 0.25) is 5.02 Å². The maximum atomic E-state index is 12.8. The summed E-state index contributed by atoms with van der Waals surface area (Å²) in [5, 5.41) is 3.35. The third kappa shape index (κ3) is 3.03. The van der Waals surface area contributed by atoms with Crippen molar-refractivity contribution in [3.8, 4) is 0 Å². The van der Waals surface area contributed by atoms with Gasteiger partial charge >= 0.3 is 0 Å². The molecule has 0 saturated heterocycles. The molecule has 2 aromatic heterocycles. The highest BCUT2D eigenvalue weighted by Crippen LogP contribution is 2.19. The molecule has 3 rings (SSSR count). The molecule has 2 heterocycles. The Bertz CT molecular complexity index is 947. The van der Waals surface area contributed by atoms with E-state index >= 15 is 0 Å². The van der Waals surface area contributed by atoms with Crippen molar-refractivity contribution in [2.75, 3.05) is 5.32 Å². The molecule has 0 aliphatic rings. The summed E-state index contributed by atoms with van der Waals surface area (Å²) >= 11 is 6.05. The Hall–Kier alpha value is -2.66. The lowest BCUT2D eigenvalue weighted by molar-refractivity contribution is 0.100. The van der Waals surface area contributed by atoms with Gasteiger partial charge in [-0.3, -0.25) is 14.0 Å². The number of amides is 1. The first-order chi connectivity index (χ1) is 11.5. The maximum Gasteiger partial charge on any atom is 0.274 e. The number of imidazole rings is 1. The van der Waals surface area contributed by atoms with E-state index in [-0.39, 0.29) is 11.7 Å². The molecule has 6 heteroatoms. The third-order valence-electron chi connectivity index (χ3n) is 3.73. The molecule has 0 radical (unpaired) electrons. The maximum absolute atomic E-state index is 12.8. The van der Waals surface area contributed by atoms with Crippen LogP contribution in [0.4, 0.5) is 5.69 Å². The van der Waals surface area contributed by atoms with E-state index in [0.29, 0.717) is 39.7 Å². The van der Waals surface area contributed by atoms with Gasteiger partial charge in [-0.2, -0.15) is 0 Å². The number of aryl methyl sites for hydroxylation is 1. The van der Waals surface area contributed by atoms with Gasteiger partial charge in [0, 0.05) is 17.4 Å². The molecule has 24 heavy (non-hydrogen) atoms. The van der Waals surface area contributed by atoms with E-state index in [1.807, 2.05) is 6.92 Å². The van der Waals surface area contributed by atoms with Gasteiger partial charge in [0.2, 0.25) is 0 Å². The predicted molar refractivity (Wildman–Crippen MR) is 94.0 cm³/mol. The standard InChI is InChI=1S/C18H16ClN3O2/c1-3-15-17(22-10-13(19)7-8-16(22)21-15)18(24)20-14-6-4-5-12(9-14)11(2)23/h4-10H,3H2,1-2H3,(H,20,24). The molecule has 0 unspecified atom stereocenters. The fraction of sp³-hybridized carbons (Fsp3) is 0.167. The van der Waals surface area contributed by atoms with Crippen LogP contribution in [0.25, 0.3) is 5.65 Å². The number of fused-ring (bicyclic) bond motifs is 1. The Balaban J connectivity index is 2.01. The number of nitrogens with zero attached hydrogens (tertiary/aromatic N) is 2. The second-order valence-corrected chi connectivity index (χ2v) is 5.86. The Kier molecular flexibility index (Phi) is 4.36. The topological polar surface area (TPSA) is 63.5 Å². The van der Waals surface area contributed by atoms with Crippen molar-refractivity contribution in [2.45, 2.75) is 20.3 Å². The van der Waals surface area contributed by atoms with Gasteiger partial charge in [0.1, 0.15) is 11.3 Å². The summed E-state index contributed by atoms with van der Waals surface area (Å²) in [6, 6.07) is 10.4. The lowest BCUT2D eigenvalue weighted by atomic mass is 10.1. The van der Waals surface area contributed by atoms with Crippen molar-refractivity contribution in [1.82, 2.24) is 9.38 Å². The summed E-state index contributed by atoms with van der Waals surface area (Å²) < 4.78 is 1.69. The van der Waals surface area contributed by atoms with Crippen LogP contribution in [0, 0.1) is 0 Å². The van der Waals surface area contributed by atoms with Crippen LogP contribution in [-0.2, 0) is 6.42 Å². The average Bonchev–Trinajstić information content (AvgIpc) is 2.92. The number of nitrogens with one attached hydrogen (secondary N) is 1. The van der Waals surface area contributed by atoms with Gasteiger partial charge in [0.25, 0.3) is 5.91 Å².